The SMILES string of the molecule is C[C@@H]1CC[C@@H]2[C@@H](C1)O[C@H]1[C@@H]3N4CCCC[C@H]4C[C@]3(C)CN1C2(C)C. The van der Waals surface area contributed by atoms with Crippen LogP contribution < -0.4 is 0 Å². The van der Waals surface area contributed by atoms with E-state index in [4.69, 9.17) is 4.74 Å². The number of fused-ring (bicyclic) bond motifs is 6. The molecule has 7 atom stereocenters. The standard InChI is InChI=1S/C21H36N2O/c1-14-8-9-16-17(11-14)24-19-18-21(4,13-23(19)20(16,2)3)12-15-7-5-6-10-22(15)18/h14-19H,5-13H2,1-4H3/t14-,15+,16-,17-,18+,19+,21-/m1/s1. The van der Waals surface area contributed by atoms with Crippen molar-refractivity contribution in [1.29, 1.82) is 0 Å². The zero-order valence-corrected chi connectivity index (χ0v) is 16.1. The Labute approximate surface area is 148 Å². The summed E-state index contributed by atoms with van der Waals surface area (Å²) in [5, 5.41) is 0. The van der Waals surface area contributed by atoms with Gasteiger partial charge >= 0.3 is 0 Å². The van der Waals surface area contributed by atoms with Gasteiger partial charge in [0.05, 0.1) is 12.1 Å². The maximum atomic E-state index is 6.93. The maximum absolute atomic E-state index is 6.93. The van der Waals surface area contributed by atoms with Gasteiger partial charge in [0.1, 0.15) is 6.23 Å². The smallest absolute Gasteiger partial charge is 0.127 e. The molecule has 0 aromatic rings. The topological polar surface area (TPSA) is 15.7 Å². The first-order valence-corrected chi connectivity index (χ1v) is 10.6. The van der Waals surface area contributed by atoms with Crippen molar-refractivity contribution >= 4 is 0 Å². The van der Waals surface area contributed by atoms with E-state index >= 15 is 0 Å². The van der Waals surface area contributed by atoms with Crippen molar-refractivity contribution in [3.8, 4) is 0 Å². The number of piperidine rings is 1. The van der Waals surface area contributed by atoms with Crippen molar-refractivity contribution in [2.75, 3.05) is 13.1 Å². The molecule has 0 aromatic heterocycles. The Balaban J connectivity index is 1.49. The Morgan fingerprint density at radius 2 is 1.88 bits per heavy atom. The fourth-order valence-electron chi connectivity index (χ4n) is 7.34. The van der Waals surface area contributed by atoms with E-state index in [-0.39, 0.29) is 0 Å². The molecular weight excluding hydrogens is 296 g/mol. The first kappa shape index (κ1) is 16.1. The lowest BCUT2D eigenvalue weighted by Gasteiger charge is -2.56. The van der Waals surface area contributed by atoms with Crippen LogP contribution in [0.4, 0.5) is 0 Å². The number of nitrogens with zero attached hydrogens (tertiary/aromatic N) is 2. The van der Waals surface area contributed by atoms with Gasteiger partial charge in [-0.2, -0.15) is 0 Å². The third-order valence-electron chi connectivity index (χ3n) is 8.57. The molecule has 4 saturated heterocycles. The summed E-state index contributed by atoms with van der Waals surface area (Å²) in [6, 6.07) is 1.48. The second-order valence-corrected chi connectivity index (χ2v) is 10.6. The second-order valence-electron chi connectivity index (χ2n) is 10.6. The van der Waals surface area contributed by atoms with Crippen LogP contribution in [0.3, 0.4) is 0 Å². The monoisotopic (exact) mass is 332 g/mol. The normalized spacial score (nSPS) is 54.0. The third-order valence-corrected chi connectivity index (χ3v) is 8.57. The van der Waals surface area contributed by atoms with Gasteiger partial charge in [-0.15, -0.1) is 0 Å². The van der Waals surface area contributed by atoms with Crippen molar-refractivity contribution in [1.82, 2.24) is 9.80 Å². The van der Waals surface area contributed by atoms with Gasteiger partial charge in [-0.1, -0.05) is 26.7 Å². The van der Waals surface area contributed by atoms with Crippen molar-refractivity contribution < 1.29 is 4.74 Å². The summed E-state index contributed by atoms with van der Waals surface area (Å²) in [6.45, 7) is 12.6. The van der Waals surface area contributed by atoms with Gasteiger partial charge in [0.2, 0.25) is 0 Å². The lowest BCUT2D eigenvalue weighted by Crippen LogP contribution is -2.65. The quantitative estimate of drug-likeness (QED) is 0.669. The summed E-state index contributed by atoms with van der Waals surface area (Å²) in [7, 11) is 0. The van der Waals surface area contributed by atoms with E-state index in [1.165, 1.54) is 58.0 Å². The number of hydrogen-bond donors (Lipinski definition) is 0. The molecule has 0 radical (unpaired) electrons. The minimum Gasteiger partial charge on any atom is -0.358 e. The van der Waals surface area contributed by atoms with Gasteiger partial charge in [-0.05, 0) is 58.4 Å². The van der Waals surface area contributed by atoms with Crippen molar-refractivity contribution in [3.63, 3.8) is 0 Å². The van der Waals surface area contributed by atoms with E-state index in [0.29, 0.717) is 29.3 Å². The summed E-state index contributed by atoms with van der Waals surface area (Å²) in [5.41, 5.74) is 0.739. The Bertz CT molecular complexity index is 520. The van der Waals surface area contributed by atoms with E-state index in [1.54, 1.807) is 0 Å². The van der Waals surface area contributed by atoms with E-state index in [9.17, 15) is 0 Å². The highest BCUT2D eigenvalue weighted by atomic mass is 16.5. The molecule has 24 heavy (non-hydrogen) atoms. The molecule has 136 valence electrons. The maximum Gasteiger partial charge on any atom is 0.127 e. The molecule has 0 amide bonds. The fourth-order valence-corrected chi connectivity index (χ4v) is 7.34. The predicted molar refractivity (Wildman–Crippen MR) is 96.8 cm³/mol. The van der Waals surface area contributed by atoms with Crippen LogP contribution in [-0.2, 0) is 4.74 Å². The zero-order valence-electron chi connectivity index (χ0n) is 16.1. The van der Waals surface area contributed by atoms with E-state index in [0.717, 1.165) is 17.9 Å². The van der Waals surface area contributed by atoms with Crippen LogP contribution in [0.25, 0.3) is 0 Å². The van der Waals surface area contributed by atoms with Crippen molar-refractivity contribution in [2.24, 2.45) is 17.3 Å². The summed E-state index contributed by atoms with van der Waals surface area (Å²) in [4.78, 5) is 5.66. The fraction of sp³-hybridized carbons (Fsp3) is 1.00. The van der Waals surface area contributed by atoms with Crippen LogP contribution in [-0.4, -0.2) is 52.8 Å². The van der Waals surface area contributed by atoms with E-state index in [1.807, 2.05) is 0 Å². The first-order valence-electron chi connectivity index (χ1n) is 10.6. The highest BCUT2D eigenvalue weighted by Crippen LogP contribution is 2.57. The summed E-state index contributed by atoms with van der Waals surface area (Å²) in [6.07, 6.45) is 10.5. The van der Waals surface area contributed by atoms with Gasteiger partial charge in [0.15, 0.2) is 0 Å². The molecule has 1 saturated carbocycles. The molecule has 5 aliphatic rings. The molecule has 3 nitrogen and oxygen atoms in total. The van der Waals surface area contributed by atoms with Gasteiger partial charge in [0, 0.05) is 29.5 Å². The van der Waals surface area contributed by atoms with Crippen molar-refractivity contribution in [2.45, 2.75) is 103 Å². The van der Waals surface area contributed by atoms with Gasteiger partial charge < -0.3 is 4.74 Å². The molecule has 0 aromatic carbocycles. The summed E-state index contributed by atoms with van der Waals surface area (Å²) in [5.74, 6) is 1.57. The first-order chi connectivity index (χ1) is 11.4. The third kappa shape index (κ3) is 2.07. The molecule has 0 spiro atoms. The highest BCUT2D eigenvalue weighted by Gasteiger charge is 2.65. The Morgan fingerprint density at radius 1 is 1.04 bits per heavy atom. The highest BCUT2D eigenvalue weighted by molar-refractivity contribution is 5.16. The molecule has 0 bridgehead atoms. The zero-order chi connectivity index (χ0) is 16.7. The van der Waals surface area contributed by atoms with Gasteiger partial charge in [-0.25, -0.2) is 0 Å². The molecule has 5 fully saturated rings. The van der Waals surface area contributed by atoms with Crippen LogP contribution in [0.1, 0.15) is 72.6 Å². The van der Waals surface area contributed by atoms with Gasteiger partial charge in [-0.3, -0.25) is 9.80 Å². The molecule has 3 heteroatoms. The lowest BCUT2D eigenvalue weighted by atomic mass is 9.70. The Morgan fingerprint density at radius 3 is 2.71 bits per heavy atom. The van der Waals surface area contributed by atoms with Crippen LogP contribution in [0.5, 0.6) is 0 Å². The molecular formula is C21H36N2O. The summed E-state index contributed by atoms with van der Waals surface area (Å²) < 4.78 is 6.93. The average molecular weight is 333 g/mol. The molecule has 0 N–H and O–H groups in total. The average Bonchev–Trinajstić information content (AvgIpc) is 2.97. The Kier molecular flexibility index (Phi) is 3.49. The predicted octanol–water partition coefficient (Wildman–Crippen LogP) is 3.87. The molecule has 4 heterocycles. The van der Waals surface area contributed by atoms with Gasteiger partial charge in [0.25, 0.3) is 0 Å². The van der Waals surface area contributed by atoms with Crippen LogP contribution >= 0.6 is 0 Å². The number of rotatable bonds is 0. The number of hydrogen-bond acceptors (Lipinski definition) is 3. The van der Waals surface area contributed by atoms with Crippen molar-refractivity contribution in [3.05, 3.63) is 0 Å². The lowest BCUT2D eigenvalue weighted by molar-refractivity contribution is -0.231. The minimum absolute atomic E-state index is 0.298. The molecule has 1 aliphatic carbocycles. The van der Waals surface area contributed by atoms with Crippen LogP contribution in [0, 0.1) is 17.3 Å². The number of ether oxygens (including phenoxy) is 1. The summed E-state index contributed by atoms with van der Waals surface area (Å²) >= 11 is 0. The van der Waals surface area contributed by atoms with E-state index < -0.39 is 0 Å². The molecule has 5 rings (SSSR count). The molecule has 4 aliphatic heterocycles. The molecule has 0 unspecified atom stereocenters. The van der Waals surface area contributed by atoms with E-state index in [2.05, 4.69) is 37.5 Å². The van der Waals surface area contributed by atoms with Crippen LogP contribution in [0.2, 0.25) is 0 Å². The second kappa shape index (κ2) is 5.20. The Hall–Kier alpha value is -0.120. The minimum atomic E-state index is 0.298. The van der Waals surface area contributed by atoms with Crippen LogP contribution in [0.15, 0.2) is 0 Å². The largest absolute Gasteiger partial charge is 0.358 e.